The smallest absolute Gasteiger partial charge is 0.226 e. The first-order valence-corrected chi connectivity index (χ1v) is 9.41. The number of nitrogens with one attached hydrogen (secondary N) is 2. The molecule has 2 N–H and O–H groups in total. The van der Waals surface area contributed by atoms with Crippen LogP contribution in [0, 0.1) is 0 Å². The Bertz CT molecular complexity index is 684. The highest BCUT2D eigenvalue weighted by Crippen LogP contribution is 2.20. The number of oxazole rings is 1. The minimum atomic E-state index is 0. The molecular weight excluding hydrogens is 455 g/mol. The van der Waals surface area contributed by atoms with E-state index < -0.39 is 0 Å². The van der Waals surface area contributed by atoms with Crippen molar-refractivity contribution in [2.75, 3.05) is 20.2 Å². The van der Waals surface area contributed by atoms with Gasteiger partial charge in [-0.05, 0) is 31.4 Å². The lowest BCUT2D eigenvalue weighted by atomic mass is 10.2. The van der Waals surface area contributed by atoms with E-state index in [0.717, 1.165) is 36.8 Å². The van der Waals surface area contributed by atoms with Crippen LogP contribution in [0.3, 0.4) is 0 Å². The molecule has 1 aromatic carbocycles. The molecule has 0 unspecified atom stereocenters. The quantitative estimate of drug-likeness (QED) is 0.257. The van der Waals surface area contributed by atoms with Gasteiger partial charge in [0.05, 0.1) is 18.3 Å². The van der Waals surface area contributed by atoms with Gasteiger partial charge in [-0.2, -0.15) is 0 Å². The average Bonchev–Trinajstić information content (AvgIpc) is 3.36. The average molecular weight is 484 g/mol. The van der Waals surface area contributed by atoms with E-state index in [1.807, 2.05) is 30.3 Å². The Morgan fingerprint density at radius 3 is 2.74 bits per heavy atom. The van der Waals surface area contributed by atoms with Crippen LogP contribution in [-0.2, 0) is 11.3 Å². The zero-order valence-corrected chi connectivity index (χ0v) is 18.1. The zero-order chi connectivity index (χ0) is 18.0. The lowest BCUT2D eigenvalue weighted by molar-refractivity contribution is 0.0574. The minimum Gasteiger partial charge on any atom is -0.444 e. The number of ether oxygens (including phenoxy) is 1. The van der Waals surface area contributed by atoms with Crippen LogP contribution < -0.4 is 10.6 Å². The Balaban J connectivity index is 0.00000261. The second-order valence-electron chi connectivity index (χ2n) is 6.49. The van der Waals surface area contributed by atoms with E-state index in [9.17, 15) is 0 Å². The van der Waals surface area contributed by atoms with E-state index in [1.54, 1.807) is 13.3 Å². The van der Waals surface area contributed by atoms with E-state index in [4.69, 9.17) is 9.15 Å². The highest BCUT2D eigenvalue weighted by molar-refractivity contribution is 14.0. The molecule has 0 spiro atoms. The summed E-state index contributed by atoms with van der Waals surface area (Å²) in [6, 6.07) is 9.89. The first-order valence-electron chi connectivity index (χ1n) is 9.41. The maximum atomic E-state index is 5.87. The van der Waals surface area contributed by atoms with Crippen LogP contribution in [-0.4, -0.2) is 37.2 Å². The van der Waals surface area contributed by atoms with E-state index >= 15 is 0 Å². The van der Waals surface area contributed by atoms with E-state index in [0.29, 0.717) is 18.5 Å². The normalized spacial score (nSPS) is 14.8. The van der Waals surface area contributed by atoms with Crippen LogP contribution in [0.5, 0.6) is 0 Å². The first-order chi connectivity index (χ1) is 12.8. The van der Waals surface area contributed by atoms with E-state index in [1.165, 1.54) is 25.7 Å². The maximum Gasteiger partial charge on any atom is 0.226 e. The third-order valence-electron chi connectivity index (χ3n) is 4.50. The molecule has 0 aliphatic heterocycles. The van der Waals surface area contributed by atoms with Gasteiger partial charge < -0.3 is 19.8 Å². The molecule has 0 amide bonds. The minimum absolute atomic E-state index is 0. The number of benzene rings is 1. The number of guanidine groups is 1. The molecular formula is C20H29IN4O2. The molecule has 2 aromatic rings. The van der Waals surface area contributed by atoms with Crippen molar-refractivity contribution in [1.29, 1.82) is 0 Å². The van der Waals surface area contributed by atoms with Crippen molar-refractivity contribution in [2.24, 2.45) is 4.99 Å². The second-order valence-corrected chi connectivity index (χ2v) is 6.49. The molecule has 1 aliphatic rings. The van der Waals surface area contributed by atoms with E-state index in [-0.39, 0.29) is 24.0 Å². The number of aromatic nitrogens is 1. The Labute approximate surface area is 178 Å². The number of nitrogens with zero attached hydrogens (tertiary/aromatic N) is 2. The van der Waals surface area contributed by atoms with Crippen molar-refractivity contribution < 1.29 is 9.15 Å². The third-order valence-corrected chi connectivity index (χ3v) is 4.50. The van der Waals surface area contributed by atoms with Gasteiger partial charge in [-0.25, -0.2) is 4.98 Å². The largest absolute Gasteiger partial charge is 0.444 e. The zero-order valence-electron chi connectivity index (χ0n) is 15.8. The van der Waals surface area contributed by atoms with Crippen molar-refractivity contribution in [2.45, 2.75) is 44.8 Å². The van der Waals surface area contributed by atoms with Gasteiger partial charge in [0.15, 0.2) is 5.96 Å². The summed E-state index contributed by atoms with van der Waals surface area (Å²) in [6.07, 6.45) is 8.20. The summed E-state index contributed by atoms with van der Waals surface area (Å²) in [5.41, 5.74) is 1.82. The summed E-state index contributed by atoms with van der Waals surface area (Å²) in [7, 11) is 1.77. The predicted molar refractivity (Wildman–Crippen MR) is 118 cm³/mol. The monoisotopic (exact) mass is 484 g/mol. The second kappa shape index (κ2) is 12.0. The predicted octanol–water partition coefficient (Wildman–Crippen LogP) is 3.97. The van der Waals surface area contributed by atoms with Crippen molar-refractivity contribution in [3.63, 3.8) is 0 Å². The lowest BCUT2D eigenvalue weighted by Crippen LogP contribution is -2.37. The molecule has 148 valence electrons. The molecule has 1 fully saturated rings. The Morgan fingerprint density at radius 2 is 2.00 bits per heavy atom. The van der Waals surface area contributed by atoms with Gasteiger partial charge in [0.25, 0.3) is 0 Å². The topological polar surface area (TPSA) is 71.7 Å². The van der Waals surface area contributed by atoms with E-state index in [2.05, 4.69) is 20.6 Å². The van der Waals surface area contributed by atoms with Gasteiger partial charge in [0.1, 0.15) is 6.26 Å². The molecule has 0 bridgehead atoms. The Morgan fingerprint density at radius 1 is 1.22 bits per heavy atom. The van der Waals surface area contributed by atoms with Gasteiger partial charge in [-0.3, -0.25) is 4.99 Å². The highest BCUT2D eigenvalue weighted by atomic mass is 127. The summed E-state index contributed by atoms with van der Waals surface area (Å²) >= 11 is 0. The fourth-order valence-electron chi connectivity index (χ4n) is 3.08. The molecule has 1 aromatic heterocycles. The fraction of sp³-hybridized carbons (Fsp3) is 0.500. The van der Waals surface area contributed by atoms with Crippen LogP contribution in [0.1, 0.15) is 37.8 Å². The highest BCUT2D eigenvalue weighted by Gasteiger charge is 2.14. The van der Waals surface area contributed by atoms with Crippen LogP contribution in [0.4, 0.5) is 0 Å². The first kappa shape index (κ1) is 21.7. The molecule has 1 heterocycles. The van der Waals surface area contributed by atoms with Gasteiger partial charge >= 0.3 is 0 Å². The molecule has 0 saturated heterocycles. The summed E-state index contributed by atoms with van der Waals surface area (Å²) in [6.45, 7) is 2.20. The molecule has 1 aliphatic carbocycles. The number of hydrogen-bond acceptors (Lipinski definition) is 4. The molecule has 0 radical (unpaired) electrons. The summed E-state index contributed by atoms with van der Waals surface area (Å²) in [5.74, 6) is 1.39. The van der Waals surface area contributed by atoms with Crippen LogP contribution >= 0.6 is 24.0 Å². The summed E-state index contributed by atoms with van der Waals surface area (Å²) < 4.78 is 11.4. The van der Waals surface area contributed by atoms with Gasteiger partial charge in [-0.15, -0.1) is 24.0 Å². The summed E-state index contributed by atoms with van der Waals surface area (Å²) in [4.78, 5) is 8.75. The molecule has 7 heteroatoms. The van der Waals surface area contributed by atoms with Crippen LogP contribution in [0.25, 0.3) is 11.5 Å². The van der Waals surface area contributed by atoms with Crippen molar-refractivity contribution in [3.8, 4) is 11.5 Å². The van der Waals surface area contributed by atoms with Crippen molar-refractivity contribution >= 4 is 29.9 Å². The molecule has 6 nitrogen and oxygen atoms in total. The standard InChI is InChI=1S/C20H28N4O2.HI/c1-21-20(22-12-7-13-25-18-10-5-6-11-18)23-14-17-15-26-19(24-17)16-8-3-2-4-9-16;/h2-4,8-9,15,18H,5-7,10-14H2,1H3,(H2,21,22,23);1H. The third kappa shape index (κ3) is 7.14. The van der Waals surface area contributed by atoms with Crippen LogP contribution in [0.2, 0.25) is 0 Å². The number of aliphatic imine (C=N–C) groups is 1. The van der Waals surface area contributed by atoms with Crippen LogP contribution in [0.15, 0.2) is 46.0 Å². The summed E-state index contributed by atoms with van der Waals surface area (Å²) in [5, 5.41) is 6.56. The van der Waals surface area contributed by atoms with Gasteiger partial charge in [-0.1, -0.05) is 31.0 Å². The van der Waals surface area contributed by atoms with Gasteiger partial charge in [0.2, 0.25) is 5.89 Å². The molecule has 0 atom stereocenters. The SMILES string of the molecule is CN=C(NCCCOC1CCCC1)NCc1coc(-c2ccccc2)n1.I. The van der Waals surface area contributed by atoms with Crippen molar-refractivity contribution in [1.82, 2.24) is 15.6 Å². The number of halogens is 1. The number of hydrogen-bond donors (Lipinski definition) is 2. The molecule has 3 rings (SSSR count). The Hall–Kier alpha value is -1.61. The fourth-order valence-corrected chi connectivity index (χ4v) is 3.08. The maximum absolute atomic E-state index is 5.87. The van der Waals surface area contributed by atoms with Crippen molar-refractivity contribution in [3.05, 3.63) is 42.3 Å². The molecule has 1 saturated carbocycles. The Kier molecular flexibility index (Phi) is 9.61. The number of rotatable bonds is 8. The van der Waals surface area contributed by atoms with Gasteiger partial charge in [0, 0.05) is 25.8 Å². The molecule has 27 heavy (non-hydrogen) atoms. The lowest BCUT2D eigenvalue weighted by Gasteiger charge is -2.13.